The van der Waals surface area contributed by atoms with Gasteiger partial charge in [-0.3, -0.25) is 0 Å². The minimum absolute atomic E-state index is 0.0649. The van der Waals surface area contributed by atoms with Gasteiger partial charge in [-0.25, -0.2) is 0 Å². The third kappa shape index (κ3) is 3.16. The molecule has 2 fully saturated rings. The molecule has 88 valence electrons. The zero-order chi connectivity index (χ0) is 10.7. The highest BCUT2D eigenvalue weighted by Gasteiger charge is 2.28. The SMILES string of the molecule is CN1CCC(O)C(CC2CCCCN2)C1. The number of hydrogen-bond acceptors (Lipinski definition) is 3. The standard InChI is InChI=1S/C12H24N2O/c1-14-7-5-12(15)10(9-14)8-11-4-2-3-6-13-11/h10-13,15H,2-9H2,1H3. The zero-order valence-electron chi connectivity index (χ0n) is 9.78. The van der Waals surface area contributed by atoms with E-state index >= 15 is 0 Å². The third-order valence-electron chi connectivity index (χ3n) is 3.90. The number of nitrogens with one attached hydrogen (secondary N) is 1. The lowest BCUT2D eigenvalue weighted by molar-refractivity contribution is 0.0261. The molecule has 2 heterocycles. The third-order valence-corrected chi connectivity index (χ3v) is 3.90. The summed E-state index contributed by atoms with van der Waals surface area (Å²) in [6, 6.07) is 0.657. The van der Waals surface area contributed by atoms with Crippen molar-refractivity contribution in [3.8, 4) is 0 Å². The van der Waals surface area contributed by atoms with Gasteiger partial charge >= 0.3 is 0 Å². The summed E-state index contributed by atoms with van der Waals surface area (Å²) < 4.78 is 0. The molecule has 0 aromatic heterocycles. The second-order valence-corrected chi connectivity index (χ2v) is 5.26. The Hall–Kier alpha value is -0.120. The second-order valence-electron chi connectivity index (χ2n) is 5.26. The first-order chi connectivity index (χ1) is 7.25. The second kappa shape index (κ2) is 5.28. The monoisotopic (exact) mass is 212 g/mol. The van der Waals surface area contributed by atoms with Gasteiger partial charge in [0.2, 0.25) is 0 Å². The van der Waals surface area contributed by atoms with E-state index in [2.05, 4.69) is 17.3 Å². The van der Waals surface area contributed by atoms with E-state index in [4.69, 9.17) is 0 Å². The Morgan fingerprint density at radius 2 is 2.20 bits per heavy atom. The summed E-state index contributed by atoms with van der Waals surface area (Å²) in [5.74, 6) is 0.486. The molecule has 0 aromatic rings. The van der Waals surface area contributed by atoms with Crippen LogP contribution in [0, 0.1) is 5.92 Å². The Kier molecular flexibility index (Phi) is 4.00. The summed E-state index contributed by atoms with van der Waals surface area (Å²) in [4.78, 5) is 2.35. The van der Waals surface area contributed by atoms with Crippen LogP contribution >= 0.6 is 0 Å². The molecule has 0 radical (unpaired) electrons. The quantitative estimate of drug-likeness (QED) is 0.712. The lowest BCUT2D eigenvalue weighted by atomic mass is 9.86. The topological polar surface area (TPSA) is 35.5 Å². The Bertz CT molecular complexity index is 192. The number of aliphatic hydroxyl groups excluding tert-OH is 1. The van der Waals surface area contributed by atoms with Crippen molar-refractivity contribution in [2.24, 2.45) is 5.92 Å². The maximum absolute atomic E-state index is 9.96. The van der Waals surface area contributed by atoms with Gasteiger partial charge in [0.15, 0.2) is 0 Å². The van der Waals surface area contributed by atoms with Crippen LogP contribution in [-0.2, 0) is 0 Å². The summed E-state index contributed by atoms with van der Waals surface area (Å²) in [6.45, 7) is 3.29. The maximum Gasteiger partial charge on any atom is 0.0593 e. The molecule has 3 unspecified atom stereocenters. The molecule has 2 aliphatic rings. The normalized spacial score (nSPS) is 39.2. The molecular formula is C12H24N2O. The molecule has 2 aliphatic heterocycles. The summed E-state index contributed by atoms with van der Waals surface area (Å²) >= 11 is 0. The summed E-state index contributed by atoms with van der Waals surface area (Å²) in [5.41, 5.74) is 0. The van der Waals surface area contributed by atoms with Gasteiger partial charge in [-0.05, 0) is 45.2 Å². The van der Waals surface area contributed by atoms with Crippen molar-refractivity contribution >= 4 is 0 Å². The van der Waals surface area contributed by atoms with Crippen molar-refractivity contribution in [3.63, 3.8) is 0 Å². The molecule has 3 nitrogen and oxygen atoms in total. The highest BCUT2D eigenvalue weighted by atomic mass is 16.3. The molecule has 3 atom stereocenters. The van der Waals surface area contributed by atoms with Crippen LogP contribution in [0.15, 0.2) is 0 Å². The van der Waals surface area contributed by atoms with Crippen molar-refractivity contribution in [3.05, 3.63) is 0 Å². The van der Waals surface area contributed by atoms with Crippen molar-refractivity contribution in [1.82, 2.24) is 10.2 Å². The van der Waals surface area contributed by atoms with Crippen LogP contribution in [0.4, 0.5) is 0 Å². The Morgan fingerprint density at radius 3 is 2.93 bits per heavy atom. The van der Waals surface area contributed by atoms with Gasteiger partial charge in [0.1, 0.15) is 0 Å². The molecule has 0 spiro atoms. The average Bonchev–Trinajstić information content (AvgIpc) is 2.25. The minimum Gasteiger partial charge on any atom is -0.393 e. The number of rotatable bonds is 2. The number of aliphatic hydroxyl groups is 1. The van der Waals surface area contributed by atoms with Gasteiger partial charge in [-0.2, -0.15) is 0 Å². The molecule has 0 aliphatic carbocycles. The Labute approximate surface area is 92.8 Å². The van der Waals surface area contributed by atoms with Gasteiger partial charge in [-0.1, -0.05) is 6.42 Å². The van der Waals surface area contributed by atoms with E-state index in [0.29, 0.717) is 12.0 Å². The first kappa shape index (κ1) is 11.4. The van der Waals surface area contributed by atoms with E-state index in [1.807, 2.05) is 0 Å². The average molecular weight is 212 g/mol. The molecular weight excluding hydrogens is 188 g/mol. The van der Waals surface area contributed by atoms with E-state index in [9.17, 15) is 5.11 Å². The summed E-state index contributed by atoms with van der Waals surface area (Å²) in [6.07, 6.45) is 6.02. The number of nitrogens with zero attached hydrogens (tertiary/aromatic N) is 1. The molecule has 2 N–H and O–H groups in total. The fraction of sp³-hybridized carbons (Fsp3) is 1.00. The van der Waals surface area contributed by atoms with Gasteiger partial charge in [-0.15, -0.1) is 0 Å². The molecule has 3 heteroatoms. The van der Waals surface area contributed by atoms with E-state index < -0.39 is 0 Å². The molecule has 0 saturated carbocycles. The fourth-order valence-electron chi connectivity index (χ4n) is 2.92. The van der Waals surface area contributed by atoms with Gasteiger partial charge in [0.25, 0.3) is 0 Å². The number of piperidine rings is 2. The molecule has 0 bridgehead atoms. The van der Waals surface area contributed by atoms with Crippen molar-refractivity contribution < 1.29 is 5.11 Å². The smallest absolute Gasteiger partial charge is 0.0593 e. The van der Waals surface area contributed by atoms with E-state index in [0.717, 1.165) is 25.9 Å². The van der Waals surface area contributed by atoms with Crippen molar-refractivity contribution in [2.45, 2.75) is 44.2 Å². The fourth-order valence-corrected chi connectivity index (χ4v) is 2.92. The number of likely N-dealkylation sites (tertiary alicyclic amines) is 1. The molecule has 0 amide bonds. The minimum atomic E-state index is -0.0649. The zero-order valence-corrected chi connectivity index (χ0v) is 9.78. The van der Waals surface area contributed by atoms with E-state index in [1.165, 1.54) is 25.8 Å². The van der Waals surface area contributed by atoms with E-state index in [-0.39, 0.29) is 6.10 Å². The van der Waals surface area contributed by atoms with Gasteiger partial charge < -0.3 is 15.3 Å². The van der Waals surface area contributed by atoms with Crippen LogP contribution in [0.2, 0.25) is 0 Å². The molecule has 15 heavy (non-hydrogen) atoms. The molecule has 0 aromatic carbocycles. The Balaban J connectivity index is 1.80. The molecule has 2 rings (SSSR count). The van der Waals surface area contributed by atoms with E-state index in [1.54, 1.807) is 0 Å². The lowest BCUT2D eigenvalue weighted by Gasteiger charge is -2.37. The first-order valence-corrected chi connectivity index (χ1v) is 6.35. The predicted octanol–water partition coefficient (Wildman–Crippen LogP) is 0.831. The van der Waals surface area contributed by atoms with Gasteiger partial charge in [0.05, 0.1) is 6.10 Å². The van der Waals surface area contributed by atoms with Gasteiger partial charge in [0, 0.05) is 19.1 Å². The van der Waals surface area contributed by atoms with Crippen LogP contribution < -0.4 is 5.32 Å². The highest BCUT2D eigenvalue weighted by molar-refractivity contribution is 4.83. The summed E-state index contributed by atoms with van der Waals surface area (Å²) in [7, 11) is 2.16. The predicted molar refractivity (Wildman–Crippen MR) is 61.9 cm³/mol. The van der Waals surface area contributed by atoms with Crippen molar-refractivity contribution in [2.75, 3.05) is 26.7 Å². The van der Waals surface area contributed by atoms with Crippen LogP contribution in [-0.4, -0.2) is 48.8 Å². The largest absolute Gasteiger partial charge is 0.393 e. The highest BCUT2D eigenvalue weighted by Crippen LogP contribution is 2.23. The van der Waals surface area contributed by atoms with Crippen molar-refractivity contribution in [1.29, 1.82) is 0 Å². The number of hydrogen-bond donors (Lipinski definition) is 2. The Morgan fingerprint density at radius 1 is 1.33 bits per heavy atom. The van der Waals surface area contributed by atoms with Crippen LogP contribution in [0.5, 0.6) is 0 Å². The summed E-state index contributed by atoms with van der Waals surface area (Å²) in [5, 5.41) is 13.5. The lowest BCUT2D eigenvalue weighted by Crippen LogP contribution is -2.45. The maximum atomic E-state index is 9.96. The van der Waals surface area contributed by atoms with Crippen LogP contribution in [0.1, 0.15) is 32.1 Å². The van der Waals surface area contributed by atoms with Crippen LogP contribution in [0.25, 0.3) is 0 Å². The van der Waals surface area contributed by atoms with Crippen LogP contribution in [0.3, 0.4) is 0 Å². The first-order valence-electron chi connectivity index (χ1n) is 6.35. The molecule has 2 saturated heterocycles.